The standard InChI is InChI=1S/C31H33N5O8S/c37-25-16-26(38)34-23(15-21-7-4-12-45-21)28(40)32-17-27(39)35-22(13-18-5-2-1-3-6-18)29(41)36-24(31(43)44)14-19-8-10-20(11-9-19)33-30(25)42/h1-12,22-25,37H,13-17H2,(H,32,40)(H,33,42)(H,34,38)(H,35,39)(H,36,41)(H,43,44)/t22-,23-,24+,25-/m1/s1. The number of aliphatic hydroxyl groups excluding tert-OH is 1. The molecule has 236 valence electrons. The second-order valence-corrected chi connectivity index (χ2v) is 11.5. The summed E-state index contributed by atoms with van der Waals surface area (Å²) in [5.41, 5.74) is 1.51. The Bertz CT molecular complexity index is 1510. The maximum atomic E-state index is 13.4. The van der Waals surface area contributed by atoms with Crippen molar-refractivity contribution in [2.24, 2.45) is 0 Å². The van der Waals surface area contributed by atoms with Crippen LogP contribution in [0.1, 0.15) is 22.4 Å². The number of carboxylic acid groups (broad SMARTS) is 1. The molecule has 0 radical (unpaired) electrons. The first kappa shape index (κ1) is 32.8. The van der Waals surface area contributed by atoms with Gasteiger partial charge in [0, 0.05) is 29.8 Å². The molecule has 0 unspecified atom stereocenters. The molecular formula is C31H33N5O8S. The van der Waals surface area contributed by atoms with Crippen LogP contribution in [0.3, 0.4) is 0 Å². The molecule has 0 spiro atoms. The molecule has 5 rings (SSSR count). The summed E-state index contributed by atoms with van der Waals surface area (Å²) in [6, 6.07) is 14.8. The van der Waals surface area contributed by atoms with E-state index in [1.807, 2.05) is 0 Å². The van der Waals surface area contributed by atoms with Crippen molar-refractivity contribution in [2.45, 2.75) is 49.9 Å². The number of fused-ring (bicyclic) bond motifs is 18. The van der Waals surface area contributed by atoms with E-state index in [4.69, 9.17) is 0 Å². The van der Waals surface area contributed by atoms with Crippen LogP contribution in [0.2, 0.25) is 0 Å². The van der Waals surface area contributed by atoms with Gasteiger partial charge in [-0.3, -0.25) is 24.0 Å². The van der Waals surface area contributed by atoms with Gasteiger partial charge in [-0.1, -0.05) is 48.5 Å². The minimum atomic E-state index is -1.73. The third-order valence-electron chi connectivity index (χ3n) is 6.95. The molecule has 1 aromatic heterocycles. The van der Waals surface area contributed by atoms with Crippen LogP contribution in [0.15, 0.2) is 72.1 Å². The van der Waals surface area contributed by atoms with Crippen molar-refractivity contribution >= 4 is 52.5 Å². The summed E-state index contributed by atoms with van der Waals surface area (Å²) in [5, 5.41) is 34.6. The van der Waals surface area contributed by atoms with E-state index < -0.39 is 72.7 Å². The Morgan fingerprint density at radius 2 is 1.44 bits per heavy atom. The summed E-state index contributed by atoms with van der Waals surface area (Å²) < 4.78 is 0. The summed E-state index contributed by atoms with van der Waals surface area (Å²) in [6.07, 6.45) is -2.34. The van der Waals surface area contributed by atoms with Crippen LogP contribution in [0.25, 0.3) is 0 Å². The maximum absolute atomic E-state index is 13.4. The second-order valence-electron chi connectivity index (χ2n) is 10.4. The molecular weight excluding hydrogens is 602 g/mol. The van der Waals surface area contributed by atoms with Crippen molar-refractivity contribution in [1.82, 2.24) is 21.3 Å². The highest BCUT2D eigenvalue weighted by Gasteiger charge is 2.29. The Balaban J connectivity index is 1.60. The monoisotopic (exact) mass is 635 g/mol. The van der Waals surface area contributed by atoms with Crippen molar-refractivity contribution in [3.05, 3.63) is 88.1 Å². The first-order chi connectivity index (χ1) is 21.6. The van der Waals surface area contributed by atoms with Crippen LogP contribution in [0, 0.1) is 0 Å². The molecule has 3 aromatic rings. The fourth-order valence-electron chi connectivity index (χ4n) is 4.61. The van der Waals surface area contributed by atoms with Gasteiger partial charge < -0.3 is 36.8 Å². The minimum absolute atomic E-state index is 0.0481. The molecule has 0 saturated carbocycles. The topological polar surface area (TPSA) is 203 Å². The van der Waals surface area contributed by atoms with E-state index in [0.29, 0.717) is 11.1 Å². The second kappa shape index (κ2) is 15.6. The number of hydrogen-bond acceptors (Lipinski definition) is 8. The predicted octanol–water partition coefficient (Wildman–Crippen LogP) is 0.134. The van der Waals surface area contributed by atoms with Crippen LogP contribution < -0.4 is 26.6 Å². The number of benzene rings is 2. The third-order valence-corrected chi connectivity index (χ3v) is 7.85. The number of carboxylic acids is 1. The van der Waals surface area contributed by atoms with Gasteiger partial charge in [0.05, 0.1) is 13.0 Å². The van der Waals surface area contributed by atoms with Crippen LogP contribution in [0.5, 0.6) is 0 Å². The first-order valence-electron chi connectivity index (χ1n) is 14.1. The summed E-state index contributed by atoms with van der Waals surface area (Å²) in [6.45, 7) is -0.548. The van der Waals surface area contributed by atoms with E-state index in [-0.39, 0.29) is 24.9 Å². The number of thiophene rings is 1. The molecule has 2 aliphatic heterocycles. The predicted molar refractivity (Wildman–Crippen MR) is 164 cm³/mol. The van der Waals surface area contributed by atoms with Gasteiger partial charge in [-0.15, -0.1) is 11.3 Å². The highest BCUT2D eigenvalue weighted by Crippen LogP contribution is 2.14. The Labute approximate surface area is 262 Å². The van der Waals surface area contributed by atoms with E-state index in [0.717, 1.165) is 4.88 Å². The highest BCUT2D eigenvalue weighted by atomic mass is 32.1. The van der Waals surface area contributed by atoms with E-state index >= 15 is 0 Å². The third kappa shape index (κ3) is 9.98. The van der Waals surface area contributed by atoms with E-state index in [2.05, 4.69) is 26.6 Å². The lowest BCUT2D eigenvalue weighted by Crippen LogP contribution is -2.55. The van der Waals surface area contributed by atoms with E-state index in [9.17, 15) is 39.0 Å². The number of carbonyl (C=O) groups excluding carboxylic acids is 5. The number of nitrogens with one attached hydrogen (secondary N) is 5. The molecule has 14 heteroatoms. The number of hydrogen-bond donors (Lipinski definition) is 7. The molecule has 2 aromatic carbocycles. The summed E-state index contributed by atoms with van der Waals surface area (Å²) in [4.78, 5) is 77.6. The average Bonchev–Trinajstić information content (AvgIpc) is 3.53. The Hall–Kier alpha value is -5.08. The smallest absolute Gasteiger partial charge is 0.326 e. The zero-order valence-corrected chi connectivity index (χ0v) is 24.8. The largest absolute Gasteiger partial charge is 0.480 e. The number of carbonyl (C=O) groups is 6. The number of rotatable bonds is 5. The van der Waals surface area contributed by atoms with Crippen LogP contribution >= 0.6 is 11.3 Å². The van der Waals surface area contributed by atoms with Gasteiger partial charge >= 0.3 is 5.97 Å². The molecule has 0 saturated heterocycles. The number of aliphatic carboxylic acids is 1. The molecule has 13 nitrogen and oxygen atoms in total. The van der Waals surface area contributed by atoms with Crippen molar-refractivity contribution in [1.29, 1.82) is 0 Å². The van der Waals surface area contributed by atoms with Gasteiger partial charge in [0.15, 0.2) is 0 Å². The van der Waals surface area contributed by atoms with Gasteiger partial charge in [-0.25, -0.2) is 4.79 Å². The molecule has 2 aliphatic rings. The van der Waals surface area contributed by atoms with Gasteiger partial charge in [0.1, 0.15) is 24.2 Å². The zero-order valence-electron chi connectivity index (χ0n) is 24.0. The number of anilines is 1. The maximum Gasteiger partial charge on any atom is 0.326 e. The SMILES string of the molecule is O=C1C[C@@H](O)C(=O)Nc2ccc(cc2)C[C@@H](C(=O)O)NC(=O)[C@@H](Cc2ccccc2)NC(=O)CNC(=O)[C@@H](Cc2cccs2)N1. The van der Waals surface area contributed by atoms with Crippen LogP contribution in [-0.4, -0.2) is 76.5 Å². The lowest BCUT2D eigenvalue weighted by molar-refractivity contribution is -0.142. The molecule has 3 heterocycles. The molecule has 4 atom stereocenters. The van der Waals surface area contributed by atoms with Crippen molar-refractivity contribution in [2.75, 3.05) is 11.9 Å². The Morgan fingerprint density at radius 1 is 0.756 bits per heavy atom. The summed E-state index contributed by atoms with van der Waals surface area (Å²) >= 11 is 1.35. The fourth-order valence-corrected chi connectivity index (χ4v) is 5.37. The van der Waals surface area contributed by atoms with Crippen molar-refractivity contribution in [3.8, 4) is 0 Å². The first-order valence-corrected chi connectivity index (χ1v) is 15.0. The lowest BCUT2D eigenvalue weighted by Gasteiger charge is -2.22. The normalized spacial score (nSPS) is 22.2. The number of amides is 5. The quantitative estimate of drug-likeness (QED) is 0.192. The molecule has 5 amide bonds. The Morgan fingerprint density at radius 3 is 2.11 bits per heavy atom. The van der Waals surface area contributed by atoms with E-state index in [1.54, 1.807) is 60.0 Å². The summed E-state index contributed by atoms with van der Waals surface area (Å²) in [5.74, 6) is -5.09. The average molecular weight is 636 g/mol. The highest BCUT2D eigenvalue weighted by molar-refractivity contribution is 7.09. The molecule has 0 fully saturated rings. The summed E-state index contributed by atoms with van der Waals surface area (Å²) in [7, 11) is 0. The fraction of sp³-hybridized carbons (Fsp3) is 0.290. The lowest BCUT2D eigenvalue weighted by atomic mass is 10.0. The number of aliphatic hydroxyl groups is 1. The Kier molecular flexibility index (Phi) is 11.4. The molecule has 2 bridgehead atoms. The van der Waals surface area contributed by atoms with Gasteiger partial charge in [0.2, 0.25) is 23.6 Å². The van der Waals surface area contributed by atoms with E-state index in [1.165, 1.54) is 23.5 Å². The molecule has 45 heavy (non-hydrogen) atoms. The van der Waals surface area contributed by atoms with Gasteiger partial charge in [0.25, 0.3) is 5.91 Å². The zero-order chi connectivity index (χ0) is 32.3. The van der Waals surface area contributed by atoms with Gasteiger partial charge in [-0.2, -0.15) is 0 Å². The van der Waals surface area contributed by atoms with Crippen LogP contribution in [-0.2, 0) is 48.0 Å². The molecule has 0 aliphatic carbocycles. The van der Waals surface area contributed by atoms with Crippen molar-refractivity contribution in [3.63, 3.8) is 0 Å². The van der Waals surface area contributed by atoms with Crippen LogP contribution in [0.4, 0.5) is 5.69 Å². The minimum Gasteiger partial charge on any atom is -0.480 e. The van der Waals surface area contributed by atoms with Crippen molar-refractivity contribution < 1.29 is 39.0 Å². The molecule has 7 N–H and O–H groups in total. The van der Waals surface area contributed by atoms with Gasteiger partial charge in [-0.05, 0) is 34.7 Å².